The molecule has 0 saturated heterocycles. The summed E-state index contributed by atoms with van der Waals surface area (Å²) in [6, 6.07) is 17.3. The zero-order valence-corrected chi connectivity index (χ0v) is 17.5. The normalized spacial score (nSPS) is 10.8. The molecule has 0 aliphatic carbocycles. The van der Waals surface area contributed by atoms with Gasteiger partial charge in [-0.25, -0.2) is 0 Å². The molecular formula is C23H26N4O3. The van der Waals surface area contributed by atoms with E-state index in [4.69, 9.17) is 0 Å². The molecule has 3 aromatic rings. The minimum atomic E-state index is -0.398. The van der Waals surface area contributed by atoms with Gasteiger partial charge in [0.15, 0.2) is 0 Å². The number of amides is 1. The van der Waals surface area contributed by atoms with Crippen LogP contribution in [0.15, 0.2) is 54.6 Å². The van der Waals surface area contributed by atoms with Gasteiger partial charge in [0.05, 0.1) is 11.5 Å². The molecular weight excluding hydrogens is 380 g/mol. The smallest absolute Gasteiger partial charge is 0.312 e. The van der Waals surface area contributed by atoms with Crippen molar-refractivity contribution in [2.75, 3.05) is 6.54 Å². The predicted molar refractivity (Wildman–Crippen MR) is 115 cm³/mol. The van der Waals surface area contributed by atoms with Gasteiger partial charge in [-0.05, 0) is 43.5 Å². The highest BCUT2D eigenvalue weighted by Gasteiger charge is 2.22. The van der Waals surface area contributed by atoms with E-state index < -0.39 is 4.92 Å². The highest BCUT2D eigenvalue weighted by atomic mass is 16.6. The quantitative estimate of drug-likeness (QED) is 0.407. The van der Waals surface area contributed by atoms with Crippen molar-refractivity contribution in [3.8, 4) is 0 Å². The van der Waals surface area contributed by atoms with Gasteiger partial charge in [0, 0.05) is 18.7 Å². The molecule has 3 rings (SSSR count). The van der Waals surface area contributed by atoms with Crippen molar-refractivity contribution < 1.29 is 9.72 Å². The van der Waals surface area contributed by atoms with E-state index in [1.807, 2.05) is 59.5 Å². The molecule has 0 aliphatic rings. The van der Waals surface area contributed by atoms with E-state index in [1.165, 1.54) is 0 Å². The van der Waals surface area contributed by atoms with E-state index in [-0.39, 0.29) is 11.6 Å². The summed E-state index contributed by atoms with van der Waals surface area (Å²) in [7, 11) is 0. The van der Waals surface area contributed by atoms with Gasteiger partial charge >= 0.3 is 5.69 Å². The SMILES string of the molecule is CCCN(Cc1ccccc1)C(=O)c1ccc(Cn2nc(C)c([N+](=O)[O-])c2C)cc1. The van der Waals surface area contributed by atoms with Gasteiger partial charge in [0.1, 0.15) is 11.4 Å². The van der Waals surface area contributed by atoms with Crippen LogP contribution in [0.25, 0.3) is 0 Å². The summed E-state index contributed by atoms with van der Waals surface area (Å²) in [5.74, 6) is -0.00555. The third kappa shape index (κ3) is 4.74. The maximum Gasteiger partial charge on any atom is 0.312 e. The molecule has 1 aromatic heterocycles. The monoisotopic (exact) mass is 406 g/mol. The first-order valence-electron chi connectivity index (χ1n) is 10.0. The molecule has 156 valence electrons. The van der Waals surface area contributed by atoms with E-state index >= 15 is 0 Å². The van der Waals surface area contributed by atoms with Crippen molar-refractivity contribution in [2.24, 2.45) is 0 Å². The van der Waals surface area contributed by atoms with Gasteiger partial charge < -0.3 is 4.90 Å². The highest BCUT2D eigenvalue weighted by molar-refractivity contribution is 5.94. The summed E-state index contributed by atoms with van der Waals surface area (Å²) in [6.45, 7) is 7.07. The lowest BCUT2D eigenvalue weighted by Gasteiger charge is -2.22. The lowest BCUT2D eigenvalue weighted by atomic mass is 10.1. The number of hydrogen-bond donors (Lipinski definition) is 0. The first kappa shape index (κ1) is 21.2. The first-order valence-corrected chi connectivity index (χ1v) is 10.0. The molecule has 0 atom stereocenters. The zero-order valence-electron chi connectivity index (χ0n) is 17.5. The summed E-state index contributed by atoms with van der Waals surface area (Å²) in [5.41, 5.74) is 3.63. The number of benzene rings is 2. The minimum absolute atomic E-state index is 0.00555. The zero-order chi connectivity index (χ0) is 21.7. The van der Waals surface area contributed by atoms with Crippen LogP contribution in [0.5, 0.6) is 0 Å². The molecule has 0 N–H and O–H groups in total. The topological polar surface area (TPSA) is 81.3 Å². The van der Waals surface area contributed by atoms with Crippen molar-refractivity contribution >= 4 is 11.6 Å². The Hall–Kier alpha value is -3.48. The second-order valence-electron chi connectivity index (χ2n) is 7.34. The summed E-state index contributed by atoms with van der Waals surface area (Å²) >= 11 is 0. The average Bonchev–Trinajstić information content (AvgIpc) is 3.01. The Labute approximate surface area is 176 Å². The highest BCUT2D eigenvalue weighted by Crippen LogP contribution is 2.22. The second kappa shape index (κ2) is 9.35. The molecule has 0 saturated carbocycles. The van der Waals surface area contributed by atoms with Crippen LogP contribution in [-0.4, -0.2) is 32.1 Å². The number of carbonyl (C=O) groups excluding carboxylic acids is 1. The standard InChI is InChI=1S/C23H26N4O3/c1-4-14-25(15-19-8-6-5-7-9-19)23(28)21-12-10-20(11-13-21)16-26-18(3)22(27(29)30)17(2)24-26/h5-13H,4,14-16H2,1-3H3. The van der Waals surface area contributed by atoms with Crippen molar-refractivity contribution in [3.05, 3.63) is 92.8 Å². The third-order valence-electron chi connectivity index (χ3n) is 5.06. The molecule has 0 spiro atoms. The molecule has 30 heavy (non-hydrogen) atoms. The molecule has 7 heteroatoms. The molecule has 2 aromatic carbocycles. The summed E-state index contributed by atoms with van der Waals surface area (Å²) in [5, 5.41) is 15.5. The molecule has 0 bridgehead atoms. The molecule has 0 fully saturated rings. The lowest BCUT2D eigenvalue weighted by molar-refractivity contribution is -0.386. The first-order chi connectivity index (χ1) is 14.4. The predicted octanol–water partition coefficient (Wildman–Crippen LogP) is 4.51. The number of carbonyl (C=O) groups is 1. The Morgan fingerprint density at radius 1 is 1.07 bits per heavy atom. The number of hydrogen-bond acceptors (Lipinski definition) is 4. The molecule has 7 nitrogen and oxygen atoms in total. The molecule has 0 aliphatic heterocycles. The summed E-state index contributed by atoms with van der Waals surface area (Å²) in [6.07, 6.45) is 0.882. The number of nitro groups is 1. The fourth-order valence-corrected chi connectivity index (χ4v) is 3.54. The van der Waals surface area contributed by atoms with E-state index in [0.717, 1.165) is 17.5 Å². The van der Waals surface area contributed by atoms with Crippen LogP contribution in [-0.2, 0) is 13.1 Å². The second-order valence-corrected chi connectivity index (χ2v) is 7.34. The number of nitrogens with zero attached hydrogens (tertiary/aromatic N) is 4. The fraction of sp³-hybridized carbons (Fsp3) is 0.304. The van der Waals surface area contributed by atoms with Crippen LogP contribution in [0.2, 0.25) is 0 Å². The maximum atomic E-state index is 13.0. The summed E-state index contributed by atoms with van der Waals surface area (Å²) < 4.78 is 1.63. The number of aryl methyl sites for hydroxylation is 1. The van der Waals surface area contributed by atoms with E-state index in [0.29, 0.717) is 36.6 Å². The Bertz CT molecular complexity index is 1030. The summed E-state index contributed by atoms with van der Waals surface area (Å²) in [4.78, 5) is 25.7. The van der Waals surface area contributed by atoms with Crippen molar-refractivity contribution in [3.63, 3.8) is 0 Å². The van der Waals surface area contributed by atoms with E-state index in [2.05, 4.69) is 12.0 Å². The van der Waals surface area contributed by atoms with E-state index in [1.54, 1.807) is 18.5 Å². The van der Waals surface area contributed by atoms with Crippen molar-refractivity contribution in [1.82, 2.24) is 14.7 Å². The third-order valence-corrected chi connectivity index (χ3v) is 5.06. The largest absolute Gasteiger partial charge is 0.334 e. The Balaban J connectivity index is 1.75. The van der Waals surface area contributed by atoms with E-state index in [9.17, 15) is 14.9 Å². The fourth-order valence-electron chi connectivity index (χ4n) is 3.54. The Kier molecular flexibility index (Phi) is 6.61. The minimum Gasteiger partial charge on any atom is -0.334 e. The van der Waals surface area contributed by atoms with Crippen molar-refractivity contribution in [1.29, 1.82) is 0 Å². The van der Waals surface area contributed by atoms with Crippen LogP contribution in [0.4, 0.5) is 5.69 Å². The number of aromatic nitrogens is 2. The Morgan fingerprint density at radius 2 is 1.73 bits per heavy atom. The molecule has 0 unspecified atom stereocenters. The van der Waals surface area contributed by atoms with Crippen LogP contribution < -0.4 is 0 Å². The van der Waals surface area contributed by atoms with Gasteiger partial charge in [-0.1, -0.05) is 49.4 Å². The van der Waals surface area contributed by atoms with Crippen molar-refractivity contribution in [2.45, 2.75) is 40.3 Å². The van der Waals surface area contributed by atoms with Gasteiger partial charge in [-0.15, -0.1) is 0 Å². The van der Waals surface area contributed by atoms with Crippen LogP contribution >= 0.6 is 0 Å². The maximum absolute atomic E-state index is 13.0. The van der Waals surface area contributed by atoms with Gasteiger partial charge in [0.2, 0.25) is 0 Å². The van der Waals surface area contributed by atoms with Gasteiger partial charge in [0.25, 0.3) is 5.91 Å². The van der Waals surface area contributed by atoms with Gasteiger partial charge in [-0.3, -0.25) is 19.6 Å². The molecule has 1 heterocycles. The average molecular weight is 406 g/mol. The molecule has 0 radical (unpaired) electrons. The van der Waals surface area contributed by atoms with Crippen LogP contribution in [0, 0.1) is 24.0 Å². The van der Waals surface area contributed by atoms with Gasteiger partial charge in [-0.2, -0.15) is 5.10 Å². The lowest BCUT2D eigenvalue weighted by Crippen LogP contribution is -2.31. The molecule has 1 amide bonds. The Morgan fingerprint density at radius 3 is 2.30 bits per heavy atom. The van der Waals surface area contributed by atoms with Crippen LogP contribution in [0.3, 0.4) is 0 Å². The number of rotatable bonds is 8. The van der Waals surface area contributed by atoms with Crippen LogP contribution in [0.1, 0.15) is 46.2 Å².